The van der Waals surface area contributed by atoms with Crippen molar-refractivity contribution >= 4 is 17.4 Å². The molecular formula is C15H23ClN2O. The quantitative estimate of drug-likeness (QED) is 0.798. The van der Waals surface area contributed by atoms with Gasteiger partial charge >= 0.3 is 0 Å². The second-order valence-corrected chi connectivity index (χ2v) is 5.81. The van der Waals surface area contributed by atoms with Crippen molar-refractivity contribution < 1.29 is 4.74 Å². The van der Waals surface area contributed by atoms with Gasteiger partial charge in [-0.2, -0.15) is 0 Å². The third-order valence-corrected chi connectivity index (χ3v) is 4.00. The maximum absolute atomic E-state index is 6.13. The van der Waals surface area contributed by atoms with Crippen molar-refractivity contribution in [2.24, 2.45) is 5.92 Å². The number of ether oxygens (including phenoxy) is 1. The molecule has 1 heterocycles. The molecule has 1 saturated carbocycles. The Morgan fingerprint density at radius 3 is 2.89 bits per heavy atom. The van der Waals surface area contributed by atoms with E-state index in [1.165, 1.54) is 12.8 Å². The molecule has 106 valence electrons. The van der Waals surface area contributed by atoms with Gasteiger partial charge in [0, 0.05) is 18.1 Å². The molecule has 19 heavy (non-hydrogen) atoms. The van der Waals surface area contributed by atoms with Crippen LogP contribution in [0.15, 0.2) is 18.3 Å². The minimum absolute atomic E-state index is 0.384. The van der Waals surface area contributed by atoms with E-state index in [4.69, 9.17) is 16.3 Å². The lowest BCUT2D eigenvalue weighted by molar-refractivity contribution is 0.317. The van der Waals surface area contributed by atoms with Gasteiger partial charge in [0.1, 0.15) is 0 Å². The first kappa shape index (κ1) is 14.4. The van der Waals surface area contributed by atoms with Crippen LogP contribution < -0.4 is 10.1 Å². The molecule has 0 saturated heterocycles. The number of pyridine rings is 1. The van der Waals surface area contributed by atoms with Crippen LogP contribution in [0.2, 0.25) is 0 Å². The number of anilines is 1. The van der Waals surface area contributed by atoms with Gasteiger partial charge in [-0.1, -0.05) is 6.92 Å². The zero-order chi connectivity index (χ0) is 13.5. The highest BCUT2D eigenvalue weighted by Gasteiger charge is 2.19. The maximum Gasteiger partial charge on any atom is 0.168 e. The minimum Gasteiger partial charge on any atom is -0.490 e. The average molecular weight is 283 g/mol. The van der Waals surface area contributed by atoms with E-state index in [0.717, 1.165) is 44.0 Å². The normalized spacial score (nSPS) is 23.1. The molecule has 0 atom stereocenters. The Kier molecular flexibility index (Phi) is 5.77. The van der Waals surface area contributed by atoms with Crippen molar-refractivity contribution in [2.45, 2.75) is 44.4 Å². The van der Waals surface area contributed by atoms with E-state index in [-0.39, 0.29) is 0 Å². The summed E-state index contributed by atoms with van der Waals surface area (Å²) in [6, 6.07) is 3.88. The standard InChI is InChI=1S/C15H23ClN2O/c1-2-10-19-14-4-3-9-17-15(14)18-11-12-5-7-13(16)8-6-12/h3-4,9,12-13H,2,5-8,10-11H2,1H3,(H,17,18). The van der Waals surface area contributed by atoms with E-state index in [2.05, 4.69) is 17.2 Å². The van der Waals surface area contributed by atoms with Gasteiger partial charge in [-0.25, -0.2) is 4.98 Å². The van der Waals surface area contributed by atoms with Crippen LogP contribution in [-0.4, -0.2) is 23.5 Å². The van der Waals surface area contributed by atoms with Gasteiger partial charge < -0.3 is 10.1 Å². The summed E-state index contributed by atoms with van der Waals surface area (Å²) in [5, 5.41) is 3.81. The van der Waals surface area contributed by atoms with Crippen LogP contribution in [0, 0.1) is 5.92 Å². The first-order valence-electron chi connectivity index (χ1n) is 7.25. The van der Waals surface area contributed by atoms with Crippen LogP contribution in [0.1, 0.15) is 39.0 Å². The number of halogens is 1. The number of aromatic nitrogens is 1. The number of alkyl halides is 1. The minimum atomic E-state index is 0.384. The van der Waals surface area contributed by atoms with Crippen LogP contribution >= 0.6 is 11.6 Å². The lowest BCUT2D eigenvalue weighted by atomic mass is 9.89. The summed E-state index contributed by atoms with van der Waals surface area (Å²) in [6.45, 7) is 3.80. The fourth-order valence-corrected chi connectivity index (χ4v) is 2.67. The summed E-state index contributed by atoms with van der Waals surface area (Å²) in [5.41, 5.74) is 0. The highest BCUT2D eigenvalue weighted by Crippen LogP contribution is 2.28. The summed E-state index contributed by atoms with van der Waals surface area (Å²) in [7, 11) is 0. The zero-order valence-electron chi connectivity index (χ0n) is 11.6. The van der Waals surface area contributed by atoms with E-state index < -0.39 is 0 Å². The van der Waals surface area contributed by atoms with Crippen molar-refractivity contribution in [3.63, 3.8) is 0 Å². The fraction of sp³-hybridized carbons (Fsp3) is 0.667. The number of hydrogen-bond acceptors (Lipinski definition) is 3. The predicted molar refractivity (Wildman–Crippen MR) is 80.1 cm³/mol. The third-order valence-electron chi connectivity index (χ3n) is 3.57. The molecule has 1 N–H and O–H groups in total. The van der Waals surface area contributed by atoms with Crippen LogP contribution in [0.25, 0.3) is 0 Å². The second-order valence-electron chi connectivity index (χ2n) is 5.20. The molecule has 1 aromatic heterocycles. The Morgan fingerprint density at radius 2 is 2.16 bits per heavy atom. The second kappa shape index (κ2) is 7.59. The number of hydrogen-bond donors (Lipinski definition) is 1. The molecule has 1 aliphatic carbocycles. The van der Waals surface area contributed by atoms with Crippen molar-refractivity contribution in [3.8, 4) is 5.75 Å². The molecule has 0 aliphatic heterocycles. The Bertz CT molecular complexity index is 378. The van der Waals surface area contributed by atoms with E-state index >= 15 is 0 Å². The van der Waals surface area contributed by atoms with Crippen LogP contribution in [0.5, 0.6) is 5.75 Å². The molecule has 0 radical (unpaired) electrons. The Balaban J connectivity index is 1.84. The molecule has 1 aromatic rings. The first-order valence-corrected chi connectivity index (χ1v) is 7.69. The van der Waals surface area contributed by atoms with E-state index in [1.54, 1.807) is 6.20 Å². The predicted octanol–water partition coefficient (Wildman–Crippen LogP) is 4.08. The van der Waals surface area contributed by atoms with Crippen molar-refractivity contribution in [1.82, 2.24) is 4.98 Å². The largest absolute Gasteiger partial charge is 0.490 e. The van der Waals surface area contributed by atoms with E-state index in [1.807, 2.05) is 12.1 Å². The Labute approximate surface area is 120 Å². The third kappa shape index (κ3) is 4.57. The molecule has 2 rings (SSSR count). The van der Waals surface area contributed by atoms with Gasteiger partial charge in [0.25, 0.3) is 0 Å². The lowest BCUT2D eigenvalue weighted by Gasteiger charge is -2.25. The number of nitrogens with zero attached hydrogens (tertiary/aromatic N) is 1. The molecule has 0 spiro atoms. The van der Waals surface area contributed by atoms with Crippen LogP contribution in [-0.2, 0) is 0 Å². The molecule has 0 aromatic carbocycles. The molecule has 4 heteroatoms. The van der Waals surface area contributed by atoms with E-state index in [9.17, 15) is 0 Å². The van der Waals surface area contributed by atoms with Gasteiger partial charge in [0.2, 0.25) is 0 Å². The zero-order valence-corrected chi connectivity index (χ0v) is 12.3. The SMILES string of the molecule is CCCOc1cccnc1NCC1CCC(Cl)CC1. The highest BCUT2D eigenvalue weighted by molar-refractivity contribution is 6.20. The topological polar surface area (TPSA) is 34.1 Å². The molecule has 1 fully saturated rings. The van der Waals surface area contributed by atoms with Crippen LogP contribution in [0.4, 0.5) is 5.82 Å². The number of rotatable bonds is 6. The highest BCUT2D eigenvalue weighted by atomic mass is 35.5. The van der Waals surface area contributed by atoms with Crippen molar-refractivity contribution in [2.75, 3.05) is 18.5 Å². The molecule has 0 amide bonds. The summed E-state index contributed by atoms with van der Waals surface area (Å²) in [5.74, 6) is 2.43. The molecule has 1 aliphatic rings. The first-order chi connectivity index (χ1) is 9.29. The van der Waals surface area contributed by atoms with Gasteiger partial charge in [0.15, 0.2) is 11.6 Å². The summed E-state index contributed by atoms with van der Waals surface area (Å²) >= 11 is 6.13. The summed E-state index contributed by atoms with van der Waals surface area (Å²) in [4.78, 5) is 4.37. The molecule has 3 nitrogen and oxygen atoms in total. The van der Waals surface area contributed by atoms with E-state index in [0.29, 0.717) is 11.3 Å². The van der Waals surface area contributed by atoms with Gasteiger partial charge in [0.05, 0.1) is 6.61 Å². The Morgan fingerprint density at radius 1 is 1.37 bits per heavy atom. The summed E-state index contributed by atoms with van der Waals surface area (Å²) in [6.07, 6.45) is 7.49. The van der Waals surface area contributed by atoms with Gasteiger partial charge in [-0.3, -0.25) is 0 Å². The molecule has 0 unspecified atom stereocenters. The monoisotopic (exact) mass is 282 g/mol. The maximum atomic E-state index is 6.13. The smallest absolute Gasteiger partial charge is 0.168 e. The fourth-order valence-electron chi connectivity index (χ4n) is 2.42. The van der Waals surface area contributed by atoms with Gasteiger partial charge in [-0.15, -0.1) is 11.6 Å². The lowest BCUT2D eigenvalue weighted by Crippen LogP contribution is -2.21. The average Bonchev–Trinajstić information content (AvgIpc) is 2.45. The summed E-state index contributed by atoms with van der Waals surface area (Å²) < 4.78 is 5.70. The molecule has 0 bridgehead atoms. The van der Waals surface area contributed by atoms with Gasteiger partial charge in [-0.05, 0) is 50.2 Å². The van der Waals surface area contributed by atoms with Crippen molar-refractivity contribution in [3.05, 3.63) is 18.3 Å². The van der Waals surface area contributed by atoms with Crippen LogP contribution in [0.3, 0.4) is 0 Å². The molecular weight excluding hydrogens is 260 g/mol. The number of nitrogens with one attached hydrogen (secondary N) is 1. The Hall–Kier alpha value is -0.960. The van der Waals surface area contributed by atoms with Crippen molar-refractivity contribution in [1.29, 1.82) is 0 Å².